The molecule has 0 fully saturated rings. The van der Waals surface area contributed by atoms with Crippen molar-refractivity contribution in [1.82, 2.24) is 4.90 Å². The van der Waals surface area contributed by atoms with E-state index in [0.717, 1.165) is 0 Å². The van der Waals surface area contributed by atoms with Crippen molar-refractivity contribution in [3.63, 3.8) is 0 Å². The number of carboxylic acid groups (broad SMARTS) is 1. The predicted molar refractivity (Wildman–Crippen MR) is 64.6 cm³/mol. The minimum Gasteiger partial charge on any atom is -0.480 e. The summed E-state index contributed by atoms with van der Waals surface area (Å²) in [6.45, 7) is 1.71. The van der Waals surface area contributed by atoms with Gasteiger partial charge in [0.05, 0.1) is 6.42 Å². The number of carbonyl (C=O) groups excluding carboxylic acids is 1. The van der Waals surface area contributed by atoms with Gasteiger partial charge in [-0.25, -0.2) is 9.18 Å². The van der Waals surface area contributed by atoms with Crippen LogP contribution in [-0.2, 0) is 16.0 Å². The maximum Gasteiger partial charge on any atom is 0.326 e. The molecule has 0 aliphatic carbocycles. The summed E-state index contributed by atoms with van der Waals surface area (Å²) in [5.41, 5.74) is 0.661. The van der Waals surface area contributed by atoms with Crippen LogP contribution in [0.15, 0.2) is 24.3 Å². The largest absolute Gasteiger partial charge is 0.480 e. The highest BCUT2D eigenvalue weighted by atomic mass is 19.1. The van der Waals surface area contributed by atoms with Crippen LogP contribution in [0.1, 0.15) is 18.9 Å². The number of hydrogen-bond donors (Lipinski definition) is 1. The molecule has 0 spiro atoms. The summed E-state index contributed by atoms with van der Waals surface area (Å²) in [7, 11) is 1.47. The number of hydrogen-bond acceptors (Lipinski definition) is 2. The predicted octanol–water partition coefficient (Wildman–Crippen LogP) is 1.69. The van der Waals surface area contributed by atoms with Gasteiger partial charge in [-0.1, -0.05) is 19.1 Å². The molecule has 1 N–H and O–H groups in total. The number of carboxylic acids is 1. The van der Waals surface area contributed by atoms with Crippen LogP contribution in [0, 0.1) is 5.82 Å². The average Bonchev–Trinajstić information content (AvgIpc) is 2.32. The number of likely N-dealkylation sites (N-methyl/N-ethyl adjacent to an activating group) is 1. The van der Waals surface area contributed by atoms with E-state index >= 15 is 0 Å². The van der Waals surface area contributed by atoms with Gasteiger partial charge < -0.3 is 10.0 Å². The van der Waals surface area contributed by atoms with Crippen LogP contribution in [0.25, 0.3) is 0 Å². The van der Waals surface area contributed by atoms with Crippen molar-refractivity contribution >= 4 is 11.9 Å². The molecular weight excluding hydrogens is 237 g/mol. The molecule has 4 nitrogen and oxygen atoms in total. The van der Waals surface area contributed by atoms with E-state index < -0.39 is 12.0 Å². The summed E-state index contributed by atoms with van der Waals surface area (Å²) in [5.74, 6) is -1.68. The van der Waals surface area contributed by atoms with Gasteiger partial charge >= 0.3 is 5.97 Å². The van der Waals surface area contributed by atoms with Crippen LogP contribution in [0.4, 0.5) is 4.39 Å². The lowest BCUT2D eigenvalue weighted by molar-refractivity contribution is -0.148. The van der Waals surface area contributed by atoms with Crippen LogP contribution in [0.5, 0.6) is 0 Å². The zero-order valence-corrected chi connectivity index (χ0v) is 10.4. The molecule has 0 heterocycles. The van der Waals surface area contributed by atoms with Gasteiger partial charge in [-0.05, 0) is 24.1 Å². The van der Waals surface area contributed by atoms with Crippen molar-refractivity contribution in [1.29, 1.82) is 0 Å². The topological polar surface area (TPSA) is 57.6 Å². The molecule has 98 valence electrons. The smallest absolute Gasteiger partial charge is 0.326 e. The van der Waals surface area contributed by atoms with E-state index in [-0.39, 0.29) is 18.1 Å². The summed E-state index contributed by atoms with van der Waals surface area (Å²) in [4.78, 5) is 24.0. The van der Waals surface area contributed by atoms with Gasteiger partial charge in [-0.3, -0.25) is 4.79 Å². The van der Waals surface area contributed by atoms with Crippen molar-refractivity contribution in [3.8, 4) is 0 Å². The Kier molecular flexibility index (Phi) is 4.83. The second kappa shape index (κ2) is 6.14. The molecule has 0 bridgehead atoms. The Morgan fingerprint density at radius 2 is 1.89 bits per heavy atom. The van der Waals surface area contributed by atoms with Gasteiger partial charge in [0.25, 0.3) is 0 Å². The van der Waals surface area contributed by atoms with Gasteiger partial charge in [-0.2, -0.15) is 0 Å². The van der Waals surface area contributed by atoms with Crippen molar-refractivity contribution in [3.05, 3.63) is 35.6 Å². The maximum atomic E-state index is 12.7. The van der Waals surface area contributed by atoms with Gasteiger partial charge in [0.2, 0.25) is 5.91 Å². The maximum absolute atomic E-state index is 12.7. The van der Waals surface area contributed by atoms with Gasteiger partial charge in [0.15, 0.2) is 0 Å². The fraction of sp³-hybridized carbons (Fsp3) is 0.385. The van der Waals surface area contributed by atoms with Gasteiger partial charge in [0, 0.05) is 7.05 Å². The molecule has 1 aromatic carbocycles. The van der Waals surface area contributed by atoms with Crippen LogP contribution < -0.4 is 0 Å². The number of carbonyl (C=O) groups is 2. The summed E-state index contributed by atoms with van der Waals surface area (Å²) >= 11 is 0. The monoisotopic (exact) mass is 253 g/mol. The molecule has 0 aliphatic heterocycles. The van der Waals surface area contributed by atoms with Crippen molar-refractivity contribution in [2.24, 2.45) is 0 Å². The van der Waals surface area contributed by atoms with Gasteiger partial charge in [-0.15, -0.1) is 0 Å². The zero-order valence-electron chi connectivity index (χ0n) is 10.4. The molecular formula is C13H16FNO3. The molecule has 18 heavy (non-hydrogen) atoms. The SMILES string of the molecule is CCC(C(=O)O)N(C)C(=O)Cc1ccc(F)cc1. The Balaban J connectivity index is 2.70. The lowest BCUT2D eigenvalue weighted by Gasteiger charge is -2.23. The first kappa shape index (κ1) is 14.2. The third kappa shape index (κ3) is 3.55. The van der Waals surface area contributed by atoms with Crippen molar-refractivity contribution < 1.29 is 19.1 Å². The number of benzene rings is 1. The molecule has 1 rings (SSSR count). The van der Waals surface area contributed by atoms with E-state index in [2.05, 4.69) is 0 Å². The Labute approximate surface area is 105 Å². The highest BCUT2D eigenvalue weighted by Crippen LogP contribution is 2.08. The standard InChI is InChI=1S/C13H16FNO3/c1-3-11(13(17)18)15(2)12(16)8-9-4-6-10(14)7-5-9/h4-7,11H,3,8H2,1-2H3,(H,17,18). The molecule has 0 aliphatic rings. The molecule has 1 aromatic rings. The van der Waals surface area contributed by atoms with E-state index in [1.165, 1.54) is 36.2 Å². The first-order valence-electron chi connectivity index (χ1n) is 5.68. The molecule has 1 amide bonds. The summed E-state index contributed by atoms with van der Waals surface area (Å²) < 4.78 is 12.7. The molecule has 0 aromatic heterocycles. The molecule has 0 radical (unpaired) electrons. The first-order chi connectivity index (χ1) is 8.45. The minimum atomic E-state index is -1.02. The normalized spacial score (nSPS) is 11.9. The number of aliphatic carboxylic acids is 1. The van der Waals surface area contributed by atoms with E-state index in [1.54, 1.807) is 6.92 Å². The third-order valence-corrected chi connectivity index (χ3v) is 2.80. The molecule has 1 unspecified atom stereocenters. The van der Waals surface area contributed by atoms with Crippen molar-refractivity contribution in [2.75, 3.05) is 7.05 Å². The second-order valence-corrected chi connectivity index (χ2v) is 4.07. The average molecular weight is 253 g/mol. The number of halogens is 1. The number of nitrogens with zero attached hydrogens (tertiary/aromatic N) is 1. The Morgan fingerprint density at radius 1 is 1.33 bits per heavy atom. The fourth-order valence-electron chi connectivity index (χ4n) is 1.69. The Bertz CT molecular complexity index is 430. The molecule has 1 atom stereocenters. The lowest BCUT2D eigenvalue weighted by Crippen LogP contribution is -2.42. The van der Waals surface area contributed by atoms with Crippen LogP contribution >= 0.6 is 0 Å². The van der Waals surface area contributed by atoms with E-state index in [1.807, 2.05) is 0 Å². The van der Waals surface area contributed by atoms with Crippen LogP contribution in [-0.4, -0.2) is 35.0 Å². The first-order valence-corrected chi connectivity index (χ1v) is 5.68. The highest BCUT2D eigenvalue weighted by Gasteiger charge is 2.24. The molecule has 5 heteroatoms. The van der Waals surface area contributed by atoms with Crippen LogP contribution in [0.3, 0.4) is 0 Å². The van der Waals surface area contributed by atoms with E-state index in [4.69, 9.17) is 5.11 Å². The Hall–Kier alpha value is -1.91. The quantitative estimate of drug-likeness (QED) is 0.868. The lowest BCUT2D eigenvalue weighted by atomic mass is 10.1. The second-order valence-electron chi connectivity index (χ2n) is 4.07. The summed E-state index contributed by atoms with van der Waals surface area (Å²) in [6.07, 6.45) is 0.418. The fourth-order valence-corrected chi connectivity index (χ4v) is 1.69. The summed E-state index contributed by atoms with van der Waals surface area (Å²) in [6, 6.07) is 4.76. The number of amides is 1. The van der Waals surface area contributed by atoms with Crippen molar-refractivity contribution in [2.45, 2.75) is 25.8 Å². The van der Waals surface area contributed by atoms with Gasteiger partial charge in [0.1, 0.15) is 11.9 Å². The zero-order chi connectivity index (χ0) is 13.7. The highest BCUT2D eigenvalue weighted by molar-refractivity contribution is 5.84. The van der Waals surface area contributed by atoms with Crippen LogP contribution in [0.2, 0.25) is 0 Å². The number of rotatable bonds is 5. The Morgan fingerprint density at radius 3 is 2.33 bits per heavy atom. The summed E-state index contributed by atoms with van der Waals surface area (Å²) in [5, 5.41) is 8.95. The molecule has 0 saturated carbocycles. The molecule has 0 saturated heterocycles. The minimum absolute atomic E-state index is 0.0700. The third-order valence-electron chi connectivity index (χ3n) is 2.80. The van der Waals surface area contributed by atoms with E-state index in [9.17, 15) is 14.0 Å². The van der Waals surface area contributed by atoms with E-state index in [0.29, 0.717) is 12.0 Å².